The molecule has 1 aliphatic heterocycles. The third-order valence-electron chi connectivity index (χ3n) is 5.22. The Morgan fingerprint density at radius 2 is 2.05 bits per heavy atom. The first-order valence-corrected chi connectivity index (χ1v) is 7.16. The van der Waals surface area contributed by atoms with E-state index < -0.39 is 5.79 Å². The molecule has 2 saturated carbocycles. The standard InChI is InChI=1S/C14H23NO5/c1-12-8-13(7-11(12)15-16,9-18-10-17-2)3-4-14(12)19-5-6-20-14/h16H,3-10H2,1-2H3/b15-11+/t12-,13+/m0/s1. The summed E-state index contributed by atoms with van der Waals surface area (Å²) >= 11 is 0. The van der Waals surface area contributed by atoms with E-state index in [0.717, 1.165) is 31.4 Å². The van der Waals surface area contributed by atoms with Crippen molar-refractivity contribution < 1.29 is 24.2 Å². The molecule has 20 heavy (non-hydrogen) atoms. The summed E-state index contributed by atoms with van der Waals surface area (Å²) in [5.74, 6) is -0.615. The molecule has 1 spiro atoms. The minimum Gasteiger partial charge on any atom is -0.411 e. The van der Waals surface area contributed by atoms with Crippen LogP contribution in [0.2, 0.25) is 0 Å². The lowest BCUT2D eigenvalue weighted by Gasteiger charge is -2.47. The number of rotatable bonds is 4. The van der Waals surface area contributed by atoms with Crippen molar-refractivity contribution in [1.29, 1.82) is 0 Å². The summed E-state index contributed by atoms with van der Waals surface area (Å²) in [5.41, 5.74) is 0.417. The lowest BCUT2D eigenvalue weighted by molar-refractivity contribution is -0.240. The van der Waals surface area contributed by atoms with Gasteiger partial charge in [0.05, 0.1) is 30.9 Å². The van der Waals surface area contributed by atoms with Gasteiger partial charge in [-0.05, 0) is 26.2 Å². The van der Waals surface area contributed by atoms with Gasteiger partial charge >= 0.3 is 0 Å². The van der Waals surface area contributed by atoms with Crippen molar-refractivity contribution in [3.05, 3.63) is 0 Å². The van der Waals surface area contributed by atoms with Crippen LogP contribution in [-0.2, 0) is 18.9 Å². The Balaban J connectivity index is 1.85. The Bertz CT molecular complexity index is 406. The highest BCUT2D eigenvalue weighted by Crippen LogP contribution is 2.63. The Hall–Kier alpha value is -0.690. The fourth-order valence-corrected chi connectivity index (χ4v) is 4.28. The van der Waals surface area contributed by atoms with Crippen molar-refractivity contribution in [2.24, 2.45) is 16.0 Å². The zero-order valence-electron chi connectivity index (χ0n) is 12.2. The number of ether oxygens (including phenoxy) is 4. The van der Waals surface area contributed by atoms with Crippen LogP contribution in [0.1, 0.15) is 32.6 Å². The van der Waals surface area contributed by atoms with Crippen molar-refractivity contribution in [3.8, 4) is 0 Å². The first kappa shape index (κ1) is 14.3. The number of methoxy groups -OCH3 is 1. The summed E-state index contributed by atoms with van der Waals surface area (Å²) < 4.78 is 22.4. The molecule has 1 N–H and O–H groups in total. The van der Waals surface area contributed by atoms with Crippen LogP contribution < -0.4 is 0 Å². The van der Waals surface area contributed by atoms with E-state index in [-0.39, 0.29) is 10.8 Å². The molecule has 2 aliphatic carbocycles. The molecule has 1 saturated heterocycles. The SMILES string of the molecule is COCOC[C@@]12CCC3(OCCO3)[C@@](C)(C1)/C(=N/O)C2. The third kappa shape index (κ3) is 1.89. The summed E-state index contributed by atoms with van der Waals surface area (Å²) in [6, 6.07) is 0. The van der Waals surface area contributed by atoms with E-state index in [9.17, 15) is 5.21 Å². The van der Waals surface area contributed by atoms with Crippen molar-refractivity contribution in [2.45, 2.75) is 38.4 Å². The highest BCUT2D eigenvalue weighted by molar-refractivity contribution is 5.93. The van der Waals surface area contributed by atoms with Crippen molar-refractivity contribution >= 4 is 5.71 Å². The van der Waals surface area contributed by atoms with Gasteiger partial charge in [0, 0.05) is 18.9 Å². The fraction of sp³-hybridized carbons (Fsp3) is 0.929. The van der Waals surface area contributed by atoms with Crippen molar-refractivity contribution in [2.75, 3.05) is 33.7 Å². The van der Waals surface area contributed by atoms with E-state index in [1.54, 1.807) is 7.11 Å². The normalized spacial score (nSPS) is 40.8. The second kappa shape index (κ2) is 4.94. The zero-order chi connectivity index (χ0) is 14.3. The fourth-order valence-electron chi connectivity index (χ4n) is 4.28. The maximum Gasteiger partial charge on any atom is 0.179 e. The summed E-state index contributed by atoms with van der Waals surface area (Å²) in [6.45, 7) is 4.22. The van der Waals surface area contributed by atoms with Gasteiger partial charge in [-0.3, -0.25) is 0 Å². The van der Waals surface area contributed by atoms with Gasteiger partial charge in [0.25, 0.3) is 0 Å². The first-order chi connectivity index (χ1) is 9.60. The molecule has 0 radical (unpaired) electrons. The lowest BCUT2D eigenvalue weighted by Crippen LogP contribution is -2.53. The number of fused-ring (bicyclic) bond motifs is 3. The molecule has 0 unspecified atom stereocenters. The molecule has 0 aromatic carbocycles. The third-order valence-corrected chi connectivity index (χ3v) is 5.22. The zero-order valence-corrected chi connectivity index (χ0v) is 12.2. The smallest absolute Gasteiger partial charge is 0.179 e. The molecule has 1 heterocycles. The van der Waals surface area contributed by atoms with E-state index in [4.69, 9.17) is 18.9 Å². The molecule has 3 fully saturated rings. The van der Waals surface area contributed by atoms with Gasteiger partial charge in [0.1, 0.15) is 6.79 Å². The lowest BCUT2D eigenvalue weighted by atomic mass is 9.66. The predicted molar refractivity (Wildman–Crippen MR) is 70.7 cm³/mol. The summed E-state index contributed by atoms with van der Waals surface area (Å²) in [6.07, 6.45) is 3.37. The van der Waals surface area contributed by atoms with E-state index in [2.05, 4.69) is 12.1 Å². The van der Waals surface area contributed by atoms with Crippen LogP contribution in [0.4, 0.5) is 0 Å². The molecule has 0 amide bonds. The van der Waals surface area contributed by atoms with E-state index in [1.807, 2.05) is 0 Å². The van der Waals surface area contributed by atoms with Crippen LogP contribution >= 0.6 is 0 Å². The number of nitrogens with zero attached hydrogens (tertiary/aromatic N) is 1. The van der Waals surface area contributed by atoms with Crippen LogP contribution in [0.3, 0.4) is 0 Å². The van der Waals surface area contributed by atoms with Gasteiger partial charge in [-0.1, -0.05) is 5.16 Å². The van der Waals surface area contributed by atoms with E-state index in [0.29, 0.717) is 26.6 Å². The minimum atomic E-state index is -0.615. The van der Waals surface area contributed by atoms with Gasteiger partial charge in [-0.2, -0.15) is 0 Å². The molecule has 3 aliphatic rings. The topological polar surface area (TPSA) is 69.5 Å². The van der Waals surface area contributed by atoms with Crippen molar-refractivity contribution in [3.63, 3.8) is 0 Å². The molecule has 114 valence electrons. The largest absolute Gasteiger partial charge is 0.411 e. The molecule has 3 rings (SSSR count). The summed E-state index contributed by atoms with van der Waals surface area (Å²) in [7, 11) is 1.62. The Morgan fingerprint density at radius 3 is 2.70 bits per heavy atom. The highest BCUT2D eigenvalue weighted by Gasteiger charge is 2.67. The molecule has 2 atom stereocenters. The second-order valence-electron chi connectivity index (χ2n) is 6.44. The molecular weight excluding hydrogens is 262 g/mol. The predicted octanol–water partition coefficient (Wildman–Crippen LogP) is 1.76. The van der Waals surface area contributed by atoms with Crippen LogP contribution in [0.5, 0.6) is 0 Å². The van der Waals surface area contributed by atoms with E-state index in [1.165, 1.54) is 0 Å². The average molecular weight is 285 g/mol. The second-order valence-corrected chi connectivity index (χ2v) is 6.44. The summed E-state index contributed by atoms with van der Waals surface area (Å²) in [4.78, 5) is 0. The van der Waals surface area contributed by atoms with Crippen LogP contribution in [-0.4, -0.2) is 50.4 Å². The van der Waals surface area contributed by atoms with Crippen molar-refractivity contribution in [1.82, 2.24) is 0 Å². The van der Waals surface area contributed by atoms with Gasteiger partial charge in [0.2, 0.25) is 0 Å². The highest BCUT2D eigenvalue weighted by atomic mass is 16.7. The Kier molecular flexibility index (Phi) is 3.52. The van der Waals surface area contributed by atoms with E-state index >= 15 is 0 Å². The van der Waals surface area contributed by atoms with Crippen LogP contribution in [0.15, 0.2) is 5.16 Å². The molecule has 6 heteroatoms. The summed E-state index contributed by atoms with van der Waals surface area (Å²) in [5, 5.41) is 13.0. The Morgan fingerprint density at radius 1 is 1.30 bits per heavy atom. The van der Waals surface area contributed by atoms with Gasteiger partial charge in [-0.25, -0.2) is 0 Å². The van der Waals surface area contributed by atoms with Gasteiger partial charge < -0.3 is 24.2 Å². The number of oxime groups is 1. The van der Waals surface area contributed by atoms with Gasteiger partial charge in [-0.15, -0.1) is 0 Å². The molecule has 2 bridgehead atoms. The maximum atomic E-state index is 9.42. The van der Waals surface area contributed by atoms with Crippen LogP contribution in [0, 0.1) is 10.8 Å². The molecular formula is C14H23NO5. The quantitative estimate of drug-likeness (QED) is 0.369. The van der Waals surface area contributed by atoms with Crippen LogP contribution in [0.25, 0.3) is 0 Å². The minimum absolute atomic E-state index is 0.00933. The maximum absolute atomic E-state index is 9.42. The molecule has 0 aromatic rings. The first-order valence-electron chi connectivity index (χ1n) is 7.16. The number of hydrogen-bond donors (Lipinski definition) is 1. The molecule has 0 aromatic heterocycles. The number of hydrogen-bond acceptors (Lipinski definition) is 6. The van der Waals surface area contributed by atoms with Gasteiger partial charge in [0.15, 0.2) is 5.79 Å². The average Bonchev–Trinajstić information content (AvgIpc) is 3.00. The monoisotopic (exact) mass is 285 g/mol. The molecule has 6 nitrogen and oxygen atoms in total. The Labute approximate surface area is 119 Å².